The fourth-order valence-corrected chi connectivity index (χ4v) is 0.809. The highest BCUT2D eigenvalue weighted by atomic mass is 16.5. The first kappa shape index (κ1) is 7.09. The van der Waals surface area contributed by atoms with Crippen molar-refractivity contribution in [3.63, 3.8) is 0 Å². The summed E-state index contributed by atoms with van der Waals surface area (Å²) in [7, 11) is 1.63. The Morgan fingerprint density at radius 2 is 2.50 bits per heavy atom. The van der Waals surface area contributed by atoms with Crippen molar-refractivity contribution in [2.75, 3.05) is 7.11 Å². The standard InChI is InChI=1S/C8H10NO/c1-10-8-5-3-2-4-7(8)6-9/h3-5H,6,9H2,1H3. The zero-order chi connectivity index (χ0) is 7.40. The van der Waals surface area contributed by atoms with E-state index in [1.54, 1.807) is 13.2 Å². The fraction of sp³-hybridized carbons (Fsp3) is 0.250. The van der Waals surface area contributed by atoms with Gasteiger partial charge >= 0.3 is 0 Å². The Balaban J connectivity index is 2.96. The summed E-state index contributed by atoms with van der Waals surface area (Å²) in [5.74, 6) is 0.834. The van der Waals surface area contributed by atoms with Gasteiger partial charge in [0.15, 0.2) is 0 Å². The number of nitrogens with two attached hydrogens (primary N) is 1. The molecule has 0 unspecified atom stereocenters. The number of methoxy groups -OCH3 is 1. The fourth-order valence-electron chi connectivity index (χ4n) is 0.809. The van der Waals surface area contributed by atoms with E-state index in [4.69, 9.17) is 10.5 Å². The van der Waals surface area contributed by atoms with Gasteiger partial charge in [-0.1, -0.05) is 6.07 Å². The third kappa shape index (κ3) is 1.28. The lowest BCUT2D eigenvalue weighted by atomic mass is 10.2. The lowest BCUT2D eigenvalue weighted by molar-refractivity contribution is 0.410. The second-order valence-electron chi connectivity index (χ2n) is 1.94. The summed E-state index contributed by atoms with van der Waals surface area (Å²) in [6.45, 7) is 0.501. The summed E-state index contributed by atoms with van der Waals surface area (Å²) < 4.78 is 5.04. The zero-order valence-corrected chi connectivity index (χ0v) is 5.92. The molecule has 53 valence electrons. The van der Waals surface area contributed by atoms with Gasteiger partial charge < -0.3 is 10.5 Å². The lowest BCUT2D eigenvalue weighted by Gasteiger charge is -2.03. The van der Waals surface area contributed by atoms with Crippen LogP contribution in [0.15, 0.2) is 18.2 Å². The van der Waals surface area contributed by atoms with Crippen molar-refractivity contribution in [3.05, 3.63) is 29.8 Å². The average Bonchev–Trinajstić information content (AvgIpc) is 2.04. The molecular formula is C8H10NO. The molecule has 0 atom stereocenters. The van der Waals surface area contributed by atoms with E-state index in [0.29, 0.717) is 6.54 Å². The predicted molar refractivity (Wildman–Crippen MR) is 39.7 cm³/mol. The van der Waals surface area contributed by atoms with Crippen LogP contribution in [0.25, 0.3) is 0 Å². The zero-order valence-electron chi connectivity index (χ0n) is 5.92. The summed E-state index contributed by atoms with van der Waals surface area (Å²) in [5, 5.41) is 0. The van der Waals surface area contributed by atoms with Gasteiger partial charge in [0.1, 0.15) is 5.75 Å². The highest BCUT2D eigenvalue weighted by Crippen LogP contribution is 2.15. The molecule has 2 heteroatoms. The normalized spacial score (nSPS) is 9.40. The van der Waals surface area contributed by atoms with Crippen molar-refractivity contribution in [2.24, 2.45) is 5.73 Å². The van der Waals surface area contributed by atoms with Crippen molar-refractivity contribution in [2.45, 2.75) is 6.54 Å². The lowest BCUT2D eigenvalue weighted by Crippen LogP contribution is -1.98. The number of benzene rings is 1. The molecule has 1 rings (SSSR count). The van der Waals surface area contributed by atoms with Crippen molar-refractivity contribution in [3.8, 4) is 5.75 Å². The highest BCUT2D eigenvalue weighted by molar-refractivity contribution is 5.32. The van der Waals surface area contributed by atoms with Gasteiger partial charge in [-0.25, -0.2) is 0 Å². The molecule has 1 aromatic rings. The molecule has 0 amide bonds. The molecule has 0 aromatic heterocycles. The van der Waals surface area contributed by atoms with Gasteiger partial charge in [-0.2, -0.15) is 0 Å². The topological polar surface area (TPSA) is 35.2 Å². The first-order valence-electron chi connectivity index (χ1n) is 3.11. The van der Waals surface area contributed by atoms with E-state index in [0.717, 1.165) is 11.3 Å². The smallest absolute Gasteiger partial charge is 0.123 e. The Morgan fingerprint density at radius 1 is 1.70 bits per heavy atom. The van der Waals surface area contributed by atoms with Crippen LogP contribution < -0.4 is 10.5 Å². The van der Waals surface area contributed by atoms with E-state index in [9.17, 15) is 0 Å². The van der Waals surface area contributed by atoms with Crippen LogP contribution in [-0.4, -0.2) is 7.11 Å². The van der Waals surface area contributed by atoms with E-state index < -0.39 is 0 Å². The van der Waals surface area contributed by atoms with E-state index >= 15 is 0 Å². The van der Waals surface area contributed by atoms with Crippen LogP contribution in [-0.2, 0) is 6.54 Å². The second kappa shape index (κ2) is 3.22. The van der Waals surface area contributed by atoms with E-state index in [1.807, 2.05) is 12.1 Å². The van der Waals surface area contributed by atoms with Gasteiger partial charge in [-0.3, -0.25) is 0 Å². The van der Waals surface area contributed by atoms with Crippen molar-refractivity contribution in [1.29, 1.82) is 0 Å². The first-order chi connectivity index (χ1) is 4.88. The molecular weight excluding hydrogens is 126 g/mol. The monoisotopic (exact) mass is 136 g/mol. The molecule has 0 aliphatic carbocycles. The maximum Gasteiger partial charge on any atom is 0.123 e. The number of hydrogen-bond acceptors (Lipinski definition) is 2. The number of rotatable bonds is 2. The third-order valence-corrected chi connectivity index (χ3v) is 1.34. The van der Waals surface area contributed by atoms with Crippen LogP contribution in [0.2, 0.25) is 0 Å². The van der Waals surface area contributed by atoms with Crippen LogP contribution in [0.1, 0.15) is 5.56 Å². The quantitative estimate of drug-likeness (QED) is 0.657. The highest BCUT2D eigenvalue weighted by Gasteiger charge is 1.96. The van der Waals surface area contributed by atoms with E-state index in [1.165, 1.54) is 0 Å². The van der Waals surface area contributed by atoms with Crippen LogP contribution in [0.5, 0.6) is 5.75 Å². The second-order valence-corrected chi connectivity index (χ2v) is 1.94. The molecule has 2 nitrogen and oxygen atoms in total. The molecule has 2 N–H and O–H groups in total. The Labute approximate surface area is 60.6 Å². The van der Waals surface area contributed by atoms with Crippen molar-refractivity contribution in [1.82, 2.24) is 0 Å². The Kier molecular flexibility index (Phi) is 2.29. The largest absolute Gasteiger partial charge is 0.496 e. The van der Waals surface area contributed by atoms with Gasteiger partial charge in [-0.05, 0) is 18.2 Å². The molecule has 0 aliphatic heterocycles. The molecule has 0 heterocycles. The molecule has 0 saturated heterocycles. The third-order valence-electron chi connectivity index (χ3n) is 1.34. The number of hydrogen-bond donors (Lipinski definition) is 1. The van der Waals surface area contributed by atoms with Gasteiger partial charge in [-0.15, -0.1) is 0 Å². The first-order valence-corrected chi connectivity index (χ1v) is 3.11. The summed E-state index contributed by atoms with van der Waals surface area (Å²) in [5.41, 5.74) is 6.42. The Hall–Kier alpha value is -1.02. The summed E-state index contributed by atoms with van der Waals surface area (Å²) in [6, 6.07) is 8.41. The van der Waals surface area contributed by atoms with E-state index in [2.05, 4.69) is 6.07 Å². The number of ether oxygens (including phenoxy) is 1. The summed E-state index contributed by atoms with van der Waals surface area (Å²) in [6.07, 6.45) is 0. The molecule has 1 aromatic carbocycles. The maximum atomic E-state index is 5.43. The van der Waals surface area contributed by atoms with Crippen LogP contribution in [0.4, 0.5) is 0 Å². The Bertz CT molecular complexity index is 187. The SMILES string of the molecule is COc1cc[c]cc1CN. The Morgan fingerprint density at radius 3 is 3.00 bits per heavy atom. The van der Waals surface area contributed by atoms with Crippen LogP contribution in [0.3, 0.4) is 0 Å². The summed E-state index contributed by atoms with van der Waals surface area (Å²) in [4.78, 5) is 0. The van der Waals surface area contributed by atoms with Gasteiger partial charge in [0.2, 0.25) is 0 Å². The molecule has 0 bridgehead atoms. The van der Waals surface area contributed by atoms with Crippen LogP contribution in [0, 0.1) is 6.07 Å². The van der Waals surface area contributed by atoms with Gasteiger partial charge in [0.05, 0.1) is 7.11 Å². The van der Waals surface area contributed by atoms with E-state index in [-0.39, 0.29) is 0 Å². The van der Waals surface area contributed by atoms with Crippen LogP contribution >= 0.6 is 0 Å². The van der Waals surface area contributed by atoms with Crippen molar-refractivity contribution < 1.29 is 4.74 Å². The molecule has 10 heavy (non-hydrogen) atoms. The molecule has 0 fully saturated rings. The maximum absolute atomic E-state index is 5.43. The predicted octanol–water partition coefficient (Wildman–Crippen LogP) is 0.954. The molecule has 0 spiro atoms. The molecule has 0 saturated carbocycles. The van der Waals surface area contributed by atoms with Gasteiger partial charge in [0, 0.05) is 12.1 Å². The molecule has 0 aliphatic rings. The van der Waals surface area contributed by atoms with Gasteiger partial charge in [0.25, 0.3) is 0 Å². The van der Waals surface area contributed by atoms with Crippen molar-refractivity contribution >= 4 is 0 Å². The minimum atomic E-state index is 0.501. The molecule has 1 radical (unpaired) electrons. The minimum Gasteiger partial charge on any atom is -0.496 e. The summed E-state index contributed by atoms with van der Waals surface area (Å²) >= 11 is 0. The average molecular weight is 136 g/mol. The minimum absolute atomic E-state index is 0.501.